The smallest absolute Gasteiger partial charge is 0.306 e. The first-order valence-electron chi connectivity index (χ1n) is 13.7. The zero-order valence-corrected chi connectivity index (χ0v) is 22.6. The highest BCUT2D eigenvalue weighted by atomic mass is 19.1. The minimum absolute atomic E-state index is 0.0756. The quantitative estimate of drug-likeness (QED) is 0.403. The summed E-state index contributed by atoms with van der Waals surface area (Å²) < 4.78 is 51.9. The van der Waals surface area contributed by atoms with Gasteiger partial charge in [-0.25, -0.2) is 13.2 Å². The Morgan fingerprint density at radius 1 is 1.07 bits per heavy atom. The lowest BCUT2D eigenvalue weighted by molar-refractivity contribution is -0.144. The van der Waals surface area contributed by atoms with Gasteiger partial charge in [0.25, 0.3) is 5.91 Å². The zero-order chi connectivity index (χ0) is 29.3. The molecule has 2 amide bonds. The van der Waals surface area contributed by atoms with Crippen LogP contribution in [0.1, 0.15) is 48.0 Å². The number of anilines is 1. The molecule has 218 valence electrons. The topological polar surface area (TPSA) is 101 Å². The fourth-order valence-corrected chi connectivity index (χ4v) is 5.84. The maximum atomic E-state index is 15.0. The van der Waals surface area contributed by atoms with E-state index in [2.05, 4.69) is 5.32 Å². The molecule has 1 saturated carbocycles. The molecule has 1 aliphatic carbocycles. The van der Waals surface area contributed by atoms with Gasteiger partial charge in [-0.3, -0.25) is 14.4 Å². The Morgan fingerprint density at radius 3 is 2.54 bits per heavy atom. The molecule has 2 fully saturated rings. The number of rotatable bonds is 8. The highest BCUT2D eigenvalue weighted by Gasteiger charge is 2.37. The number of fused-ring (bicyclic) bond motifs is 1. The van der Waals surface area contributed by atoms with Crippen LogP contribution in [0.5, 0.6) is 0 Å². The summed E-state index contributed by atoms with van der Waals surface area (Å²) in [4.78, 5) is 38.4. The molecule has 11 heteroatoms. The van der Waals surface area contributed by atoms with Crippen LogP contribution in [0.2, 0.25) is 0 Å². The van der Waals surface area contributed by atoms with E-state index in [9.17, 15) is 23.2 Å². The van der Waals surface area contributed by atoms with Gasteiger partial charge in [-0.1, -0.05) is 18.2 Å². The summed E-state index contributed by atoms with van der Waals surface area (Å²) in [6.45, 7) is -0.0769. The Bertz CT molecular complexity index is 1470. The molecule has 2 aliphatic rings. The van der Waals surface area contributed by atoms with Crippen LogP contribution in [0.4, 0.5) is 18.9 Å². The highest BCUT2D eigenvalue weighted by molar-refractivity contribution is 6.13. The summed E-state index contributed by atoms with van der Waals surface area (Å²) >= 11 is 0. The van der Waals surface area contributed by atoms with E-state index in [1.54, 1.807) is 29.9 Å². The molecular formula is C30H32F3N3O5. The van der Waals surface area contributed by atoms with Gasteiger partial charge in [0.05, 0.1) is 48.9 Å². The number of hydrogen-bond acceptors (Lipinski definition) is 4. The number of carbonyl (C=O) groups is 3. The van der Waals surface area contributed by atoms with Crippen molar-refractivity contribution in [2.24, 2.45) is 13.0 Å². The van der Waals surface area contributed by atoms with Crippen LogP contribution in [0.3, 0.4) is 0 Å². The lowest BCUT2D eigenvalue weighted by atomic mass is 9.87. The number of ether oxygens (including phenoxy) is 1. The van der Waals surface area contributed by atoms with Gasteiger partial charge in [0.1, 0.15) is 17.8 Å². The van der Waals surface area contributed by atoms with Gasteiger partial charge in [0.2, 0.25) is 5.91 Å². The molecule has 5 rings (SSSR count). The van der Waals surface area contributed by atoms with Gasteiger partial charge in [-0.15, -0.1) is 0 Å². The molecule has 1 aliphatic heterocycles. The molecule has 2 N–H and O–H groups in total. The number of halogens is 3. The molecule has 41 heavy (non-hydrogen) atoms. The van der Waals surface area contributed by atoms with Crippen molar-refractivity contribution in [3.05, 3.63) is 65.4 Å². The van der Waals surface area contributed by atoms with E-state index in [1.807, 2.05) is 12.1 Å². The summed E-state index contributed by atoms with van der Waals surface area (Å²) in [7, 11) is 1.78. The van der Waals surface area contributed by atoms with Crippen molar-refractivity contribution in [2.75, 3.05) is 18.5 Å². The number of benzene rings is 2. The average molecular weight is 572 g/mol. The third-order valence-electron chi connectivity index (χ3n) is 8.10. The molecule has 0 bridgehead atoms. The number of carbonyl (C=O) groups excluding carboxylic acids is 2. The second-order valence-electron chi connectivity index (χ2n) is 10.9. The number of aryl methyl sites for hydroxylation is 1. The van der Waals surface area contributed by atoms with Gasteiger partial charge in [-0.05, 0) is 37.8 Å². The fourth-order valence-electron chi connectivity index (χ4n) is 5.84. The number of aromatic nitrogens is 1. The summed E-state index contributed by atoms with van der Waals surface area (Å²) in [5.41, 5.74) is 0.556. The van der Waals surface area contributed by atoms with Crippen molar-refractivity contribution in [2.45, 2.75) is 56.8 Å². The number of nitrogens with one attached hydrogen (secondary N) is 1. The standard InChI is InChI=1S/C30H32F3N3O5/c1-35-15-23(22-4-2-3-5-27(22)35)29(38)34-26-13-24(32)18(10-25(26)33)11-28(37)36-14-19(31)12-20(36)16-41-21-8-6-17(7-9-21)30(39)40/h2-5,10,13,15,17,19-21H,6-9,11-12,14,16H2,1H3,(H,34,38)(H,39,40)/t17?,19-,20-,21?/m0/s1. The highest BCUT2D eigenvalue weighted by Crippen LogP contribution is 2.29. The first-order valence-corrected chi connectivity index (χ1v) is 13.7. The molecule has 2 atom stereocenters. The zero-order valence-electron chi connectivity index (χ0n) is 22.6. The maximum Gasteiger partial charge on any atom is 0.306 e. The molecule has 0 unspecified atom stereocenters. The van der Waals surface area contributed by atoms with Gasteiger partial charge in [0, 0.05) is 42.2 Å². The minimum atomic E-state index is -1.26. The Kier molecular flexibility index (Phi) is 8.35. The normalized spacial score (nSPS) is 22.7. The maximum absolute atomic E-state index is 15.0. The van der Waals surface area contributed by atoms with Crippen molar-refractivity contribution < 1.29 is 37.4 Å². The average Bonchev–Trinajstić information content (AvgIpc) is 3.50. The predicted molar refractivity (Wildman–Crippen MR) is 145 cm³/mol. The molecule has 0 spiro atoms. The van der Waals surface area contributed by atoms with Crippen LogP contribution in [-0.2, 0) is 27.8 Å². The largest absolute Gasteiger partial charge is 0.481 e. The number of likely N-dealkylation sites (tertiary alicyclic amines) is 1. The van der Waals surface area contributed by atoms with Gasteiger partial charge >= 0.3 is 5.97 Å². The van der Waals surface area contributed by atoms with Crippen molar-refractivity contribution in [3.8, 4) is 0 Å². The second kappa shape index (κ2) is 11.9. The van der Waals surface area contributed by atoms with Crippen molar-refractivity contribution in [1.29, 1.82) is 0 Å². The molecule has 2 heterocycles. The van der Waals surface area contributed by atoms with Crippen LogP contribution in [0, 0.1) is 17.6 Å². The Balaban J connectivity index is 1.21. The summed E-state index contributed by atoms with van der Waals surface area (Å²) in [6, 6.07) is 8.38. The third kappa shape index (κ3) is 6.24. The molecular weight excluding hydrogens is 539 g/mol. The van der Waals surface area contributed by atoms with Crippen molar-refractivity contribution in [1.82, 2.24) is 9.47 Å². The van der Waals surface area contributed by atoms with Crippen molar-refractivity contribution in [3.63, 3.8) is 0 Å². The number of nitrogens with zero attached hydrogens (tertiary/aromatic N) is 2. The number of alkyl halides is 1. The van der Waals surface area contributed by atoms with E-state index in [-0.39, 0.29) is 42.8 Å². The Morgan fingerprint density at radius 2 is 1.80 bits per heavy atom. The second-order valence-corrected chi connectivity index (χ2v) is 10.9. The van der Waals surface area contributed by atoms with Gasteiger partial charge in [0.15, 0.2) is 0 Å². The predicted octanol–water partition coefficient (Wildman–Crippen LogP) is 4.85. The van der Waals surface area contributed by atoms with Crippen LogP contribution in [0.25, 0.3) is 10.9 Å². The number of amides is 2. The van der Waals surface area contributed by atoms with E-state index in [0.717, 1.165) is 17.6 Å². The monoisotopic (exact) mass is 571 g/mol. The number of aliphatic carboxylic acids is 1. The molecule has 8 nitrogen and oxygen atoms in total. The number of hydrogen-bond donors (Lipinski definition) is 2. The third-order valence-corrected chi connectivity index (χ3v) is 8.10. The molecule has 2 aromatic carbocycles. The SMILES string of the molecule is Cn1cc(C(=O)Nc2cc(F)c(CC(=O)N3C[C@@H](F)C[C@H]3COC3CCC(C(=O)O)CC3)cc2F)c2ccccc21. The van der Waals surface area contributed by atoms with Gasteiger partial charge < -0.3 is 24.6 Å². The summed E-state index contributed by atoms with van der Waals surface area (Å²) in [5, 5.41) is 12.2. The fraction of sp³-hybridized carbons (Fsp3) is 0.433. The molecule has 3 aromatic rings. The van der Waals surface area contributed by atoms with E-state index in [4.69, 9.17) is 9.84 Å². The van der Waals surface area contributed by atoms with Crippen LogP contribution < -0.4 is 5.32 Å². The van der Waals surface area contributed by atoms with Gasteiger partial charge in [-0.2, -0.15) is 0 Å². The number of para-hydroxylation sites is 1. The molecule has 0 radical (unpaired) electrons. The van der Waals surface area contributed by atoms with Crippen LogP contribution in [0.15, 0.2) is 42.6 Å². The number of carboxylic acid groups (broad SMARTS) is 1. The van der Waals surface area contributed by atoms with Crippen LogP contribution >= 0.6 is 0 Å². The van der Waals surface area contributed by atoms with E-state index in [0.29, 0.717) is 36.6 Å². The van der Waals surface area contributed by atoms with E-state index >= 15 is 4.39 Å². The van der Waals surface area contributed by atoms with Crippen LogP contribution in [-0.4, -0.2) is 63.8 Å². The van der Waals surface area contributed by atoms with Crippen molar-refractivity contribution >= 4 is 34.4 Å². The Labute approximate surface area is 235 Å². The number of carboxylic acids is 1. The Hall–Kier alpha value is -3.86. The summed E-state index contributed by atoms with van der Waals surface area (Å²) in [5.74, 6) is -4.13. The lowest BCUT2D eigenvalue weighted by Crippen LogP contribution is -2.40. The molecule has 1 aromatic heterocycles. The van der Waals surface area contributed by atoms with E-state index in [1.165, 1.54) is 4.90 Å². The first-order chi connectivity index (χ1) is 19.6. The summed E-state index contributed by atoms with van der Waals surface area (Å²) in [6.07, 6.45) is 1.93. The van der Waals surface area contributed by atoms with E-state index < -0.39 is 48.1 Å². The first kappa shape index (κ1) is 28.7. The molecule has 1 saturated heterocycles. The minimum Gasteiger partial charge on any atom is -0.481 e. The lowest BCUT2D eigenvalue weighted by Gasteiger charge is -2.29.